The van der Waals surface area contributed by atoms with Crippen molar-refractivity contribution in [2.75, 3.05) is 0 Å². The molecule has 0 aliphatic carbocycles. The zero-order valence-electron chi connectivity index (χ0n) is 13.1. The number of benzene rings is 1. The molecule has 0 fully saturated rings. The molecule has 1 atom stereocenters. The molecule has 3 aromatic rings. The number of aryl methyl sites for hydroxylation is 2. The molecule has 0 saturated heterocycles. The molecule has 1 unspecified atom stereocenters. The number of imidazole rings is 1. The lowest BCUT2D eigenvalue weighted by molar-refractivity contribution is 0.0934. The summed E-state index contributed by atoms with van der Waals surface area (Å²) in [6.45, 7) is 5.17. The lowest BCUT2D eigenvalue weighted by atomic mass is 10.1. The Hall–Kier alpha value is -2.89. The first-order chi connectivity index (χ1) is 11.0. The van der Waals surface area contributed by atoms with Crippen molar-refractivity contribution in [1.82, 2.24) is 15.3 Å². The molecule has 0 bridgehead atoms. The summed E-state index contributed by atoms with van der Waals surface area (Å²) in [4.78, 5) is 31.5. The largest absolute Gasteiger partial charge is 0.427 e. The topological polar surface area (TPSA) is 88.0 Å². The number of aromatic amines is 1. The third-order valence-corrected chi connectivity index (χ3v) is 3.73. The van der Waals surface area contributed by atoms with E-state index in [-0.39, 0.29) is 11.9 Å². The second-order valence-electron chi connectivity index (χ2n) is 5.51. The van der Waals surface area contributed by atoms with E-state index in [1.165, 1.54) is 6.07 Å². The number of rotatable bonds is 3. The minimum absolute atomic E-state index is 0.295. The number of carbonyl (C=O) groups is 1. The van der Waals surface area contributed by atoms with E-state index in [9.17, 15) is 9.59 Å². The van der Waals surface area contributed by atoms with Crippen LogP contribution in [0.4, 0.5) is 0 Å². The zero-order valence-corrected chi connectivity index (χ0v) is 13.1. The number of hydrogen-bond acceptors (Lipinski definition) is 4. The first-order valence-corrected chi connectivity index (χ1v) is 7.32. The summed E-state index contributed by atoms with van der Waals surface area (Å²) in [6, 6.07) is 8.68. The van der Waals surface area contributed by atoms with Gasteiger partial charge in [-0.05, 0) is 38.5 Å². The van der Waals surface area contributed by atoms with Gasteiger partial charge in [0, 0.05) is 6.07 Å². The Morgan fingerprint density at radius 2 is 2.04 bits per heavy atom. The Balaban J connectivity index is 1.86. The van der Waals surface area contributed by atoms with Crippen LogP contribution in [0.3, 0.4) is 0 Å². The van der Waals surface area contributed by atoms with E-state index in [2.05, 4.69) is 15.3 Å². The molecule has 0 aliphatic heterocycles. The lowest BCUT2D eigenvalue weighted by Gasteiger charge is -2.13. The minimum Gasteiger partial charge on any atom is -0.427 e. The number of amides is 1. The zero-order chi connectivity index (χ0) is 16.6. The Bertz CT molecular complexity index is 880. The molecule has 0 spiro atoms. The molecular formula is C17H17N3O3. The molecule has 6 nitrogen and oxygen atoms in total. The second kappa shape index (κ2) is 5.72. The Labute approximate surface area is 132 Å². The van der Waals surface area contributed by atoms with Gasteiger partial charge in [-0.2, -0.15) is 0 Å². The van der Waals surface area contributed by atoms with Crippen LogP contribution in [0.15, 0.2) is 39.5 Å². The van der Waals surface area contributed by atoms with E-state index >= 15 is 0 Å². The van der Waals surface area contributed by atoms with Crippen LogP contribution < -0.4 is 10.9 Å². The number of nitrogens with one attached hydrogen (secondary N) is 2. The summed E-state index contributed by atoms with van der Waals surface area (Å²) in [5, 5.41) is 2.88. The number of aromatic nitrogens is 2. The second-order valence-corrected chi connectivity index (χ2v) is 5.51. The van der Waals surface area contributed by atoms with Gasteiger partial charge < -0.3 is 14.7 Å². The van der Waals surface area contributed by atoms with Crippen LogP contribution in [-0.4, -0.2) is 15.9 Å². The summed E-state index contributed by atoms with van der Waals surface area (Å²) in [5.41, 5.74) is 2.28. The Morgan fingerprint density at radius 3 is 2.74 bits per heavy atom. The molecule has 0 radical (unpaired) electrons. The Morgan fingerprint density at radius 1 is 1.30 bits per heavy atom. The maximum Gasteiger partial charge on any atom is 0.336 e. The monoisotopic (exact) mass is 311 g/mol. The molecule has 23 heavy (non-hydrogen) atoms. The fourth-order valence-corrected chi connectivity index (χ4v) is 2.61. The van der Waals surface area contributed by atoms with E-state index in [4.69, 9.17) is 4.42 Å². The summed E-state index contributed by atoms with van der Waals surface area (Å²) in [5.74, 6) is 0.688. The smallest absolute Gasteiger partial charge is 0.336 e. The maximum atomic E-state index is 12.5. The first kappa shape index (κ1) is 15.0. The quantitative estimate of drug-likeness (QED) is 0.778. The van der Waals surface area contributed by atoms with Gasteiger partial charge in [-0.15, -0.1) is 0 Å². The van der Waals surface area contributed by atoms with Crippen LogP contribution in [0.5, 0.6) is 0 Å². The molecule has 0 aliphatic rings. The van der Waals surface area contributed by atoms with Crippen LogP contribution in [0, 0.1) is 13.8 Å². The van der Waals surface area contributed by atoms with Gasteiger partial charge in [-0.3, -0.25) is 4.79 Å². The van der Waals surface area contributed by atoms with Gasteiger partial charge >= 0.3 is 5.63 Å². The molecular weight excluding hydrogens is 294 g/mol. The summed E-state index contributed by atoms with van der Waals surface area (Å²) < 4.78 is 5.01. The Kier molecular flexibility index (Phi) is 3.73. The average molecular weight is 311 g/mol. The van der Waals surface area contributed by atoms with E-state index in [1.54, 1.807) is 13.8 Å². The fraction of sp³-hybridized carbons (Fsp3) is 0.235. The number of para-hydroxylation sites is 2. The van der Waals surface area contributed by atoms with Crippen LogP contribution in [0.1, 0.15) is 40.5 Å². The number of fused-ring (bicyclic) bond motifs is 1. The van der Waals surface area contributed by atoms with Crippen molar-refractivity contribution in [3.05, 3.63) is 63.5 Å². The van der Waals surface area contributed by atoms with E-state index in [0.29, 0.717) is 22.7 Å². The summed E-state index contributed by atoms with van der Waals surface area (Å²) in [6.07, 6.45) is 0. The molecule has 1 aromatic carbocycles. The first-order valence-electron chi connectivity index (χ1n) is 7.32. The molecule has 0 saturated carbocycles. The molecule has 2 aromatic heterocycles. The number of carbonyl (C=O) groups excluding carboxylic acids is 1. The summed E-state index contributed by atoms with van der Waals surface area (Å²) >= 11 is 0. The summed E-state index contributed by atoms with van der Waals surface area (Å²) in [7, 11) is 0. The molecule has 2 heterocycles. The molecule has 118 valence electrons. The highest BCUT2D eigenvalue weighted by atomic mass is 16.4. The van der Waals surface area contributed by atoms with Crippen LogP contribution in [-0.2, 0) is 0 Å². The third-order valence-electron chi connectivity index (χ3n) is 3.73. The number of hydrogen-bond donors (Lipinski definition) is 2. The predicted octanol–water partition coefficient (Wildman–Crippen LogP) is 2.62. The van der Waals surface area contributed by atoms with Crippen molar-refractivity contribution in [2.45, 2.75) is 26.8 Å². The predicted molar refractivity (Wildman–Crippen MR) is 86.4 cm³/mol. The van der Waals surface area contributed by atoms with Crippen molar-refractivity contribution >= 4 is 16.9 Å². The highest BCUT2D eigenvalue weighted by molar-refractivity contribution is 5.96. The van der Waals surface area contributed by atoms with Crippen molar-refractivity contribution in [1.29, 1.82) is 0 Å². The highest BCUT2D eigenvalue weighted by Crippen LogP contribution is 2.17. The van der Waals surface area contributed by atoms with Crippen molar-refractivity contribution < 1.29 is 9.21 Å². The maximum absolute atomic E-state index is 12.5. The van der Waals surface area contributed by atoms with Crippen molar-refractivity contribution in [3.8, 4) is 0 Å². The van der Waals surface area contributed by atoms with Crippen molar-refractivity contribution in [2.24, 2.45) is 0 Å². The van der Waals surface area contributed by atoms with Crippen LogP contribution >= 0.6 is 0 Å². The van der Waals surface area contributed by atoms with Crippen LogP contribution in [0.2, 0.25) is 0 Å². The van der Waals surface area contributed by atoms with Crippen molar-refractivity contribution in [3.63, 3.8) is 0 Å². The standard InChI is InChI=1S/C17H17N3O3/c1-9-8-14(21)23-11(3)15(9)17(22)18-10(2)16-19-12-6-4-5-7-13(12)20-16/h4-8,10H,1-3H3,(H,18,22)(H,19,20). The SMILES string of the molecule is Cc1cc(=O)oc(C)c1C(=O)NC(C)c1nc2ccccc2[nH]1. The normalized spacial score (nSPS) is 12.3. The lowest BCUT2D eigenvalue weighted by Crippen LogP contribution is -2.29. The van der Waals surface area contributed by atoms with Gasteiger partial charge in [0.05, 0.1) is 22.6 Å². The van der Waals surface area contributed by atoms with E-state index < -0.39 is 5.63 Å². The van der Waals surface area contributed by atoms with Gasteiger partial charge in [0.2, 0.25) is 0 Å². The van der Waals surface area contributed by atoms with Gasteiger partial charge in [0.25, 0.3) is 5.91 Å². The third kappa shape index (κ3) is 2.88. The number of H-pyrrole nitrogens is 1. The van der Waals surface area contributed by atoms with Crippen LogP contribution in [0.25, 0.3) is 11.0 Å². The van der Waals surface area contributed by atoms with E-state index in [0.717, 1.165) is 11.0 Å². The average Bonchev–Trinajstić information content (AvgIpc) is 2.90. The van der Waals surface area contributed by atoms with E-state index in [1.807, 2.05) is 31.2 Å². The van der Waals surface area contributed by atoms with Gasteiger partial charge in [-0.1, -0.05) is 12.1 Å². The molecule has 6 heteroatoms. The molecule has 2 N–H and O–H groups in total. The highest BCUT2D eigenvalue weighted by Gasteiger charge is 2.19. The number of nitrogens with zero attached hydrogens (tertiary/aromatic N) is 1. The van der Waals surface area contributed by atoms with Gasteiger partial charge in [-0.25, -0.2) is 9.78 Å². The fourth-order valence-electron chi connectivity index (χ4n) is 2.61. The van der Waals surface area contributed by atoms with Gasteiger partial charge in [0.1, 0.15) is 11.6 Å². The molecule has 3 rings (SSSR count). The van der Waals surface area contributed by atoms with Gasteiger partial charge in [0.15, 0.2) is 0 Å². The molecule has 1 amide bonds. The minimum atomic E-state index is -0.457.